The van der Waals surface area contributed by atoms with E-state index in [2.05, 4.69) is 49.7 Å². The van der Waals surface area contributed by atoms with E-state index in [1.54, 1.807) is 7.11 Å². The van der Waals surface area contributed by atoms with Crippen molar-refractivity contribution in [3.8, 4) is 5.75 Å². The highest BCUT2D eigenvalue weighted by Crippen LogP contribution is 2.39. The SMILES string of the molecule is CCc1ccc(C(=O)N2C[C@H]3C[C@@H]2CN3[C@@H](C)c2ccc(OC)c(C)c2C)nc1. The molecule has 0 unspecified atom stereocenters. The van der Waals surface area contributed by atoms with Gasteiger partial charge in [-0.15, -0.1) is 0 Å². The highest BCUT2D eigenvalue weighted by Gasteiger charge is 2.47. The molecule has 0 N–H and O–H groups in total. The summed E-state index contributed by atoms with van der Waals surface area (Å²) in [6.45, 7) is 10.4. The Kier molecular flexibility index (Phi) is 5.34. The Labute approximate surface area is 173 Å². The molecule has 4 rings (SSSR count). The van der Waals surface area contributed by atoms with Crippen LogP contribution in [0.5, 0.6) is 5.75 Å². The summed E-state index contributed by atoms with van der Waals surface area (Å²) in [5.74, 6) is 1.02. The van der Waals surface area contributed by atoms with Crippen LogP contribution in [0.1, 0.15) is 59.1 Å². The predicted molar refractivity (Wildman–Crippen MR) is 114 cm³/mol. The van der Waals surface area contributed by atoms with Gasteiger partial charge in [-0.2, -0.15) is 0 Å². The van der Waals surface area contributed by atoms with E-state index in [4.69, 9.17) is 4.74 Å². The van der Waals surface area contributed by atoms with E-state index in [-0.39, 0.29) is 11.9 Å². The molecule has 2 aromatic rings. The summed E-state index contributed by atoms with van der Waals surface area (Å²) in [4.78, 5) is 22.0. The third-order valence-electron chi connectivity index (χ3n) is 6.94. The molecule has 154 valence electrons. The molecule has 2 fully saturated rings. The molecule has 1 aromatic carbocycles. The fourth-order valence-corrected chi connectivity index (χ4v) is 5.00. The Morgan fingerprint density at radius 2 is 1.97 bits per heavy atom. The monoisotopic (exact) mass is 393 g/mol. The average Bonchev–Trinajstić information content (AvgIpc) is 3.36. The van der Waals surface area contributed by atoms with Crippen LogP contribution in [0, 0.1) is 13.8 Å². The normalized spacial score (nSPS) is 22.2. The van der Waals surface area contributed by atoms with E-state index < -0.39 is 0 Å². The van der Waals surface area contributed by atoms with E-state index in [0.29, 0.717) is 17.8 Å². The molecule has 3 atom stereocenters. The minimum atomic E-state index is 0.0731. The highest BCUT2D eigenvalue weighted by molar-refractivity contribution is 5.93. The first kappa shape index (κ1) is 19.9. The molecule has 2 bridgehead atoms. The average molecular weight is 394 g/mol. The molecule has 3 heterocycles. The molecule has 5 nitrogen and oxygen atoms in total. The molecule has 5 heteroatoms. The van der Waals surface area contributed by atoms with Crippen LogP contribution in [0.25, 0.3) is 0 Å². The lowest BCUT2D eigenvalue weighted by Crippen LogP contribution is -2.49. The number of carbonyl (C=O) groups excluding carboxylic acids is 1. The van der Waals surface area contributed by atoms with Crippen LogP contribution in [0.4, 0.5) is 0 Å². The number of carbonyl (C=O) groups is 1. The minimum absolute atomic E-state index is 0.0731. The van der Waals surface area contributed by atoms with Gasteiger partial charge >= 0.3 is 0 Å². The fraction of sp³-hybridized carbons (Fsp3) is 0.500. The fourth-order valence-electron chi connectivity index (χ4n) is 5.00. The minimum Gasteiger partial charge on any atom is -0.496 e. The van der Waals surface area contributed by atoms with Gasteiger partial charge in [0.25, 0.3) is 5.91 Å². The van der Waals surface area contributed by atoms with Gasteiger partial charge in [0.05, 0.1) is 7.11 Å². The van der Waals surface area contributed by atoms with Gasteiger partial charge in [0.15, 0.2) is 0 Å². The highest BCUT2D eigenvalue weighted by atomic mass is 16.5. The van der Waals surface area contributed by atoms with Crippen molar-refractivity contribution in [3.05, 3.63) is 58.4 Å². The number of methoxy groups -OCH3 is 1. The number of amides is 1. The number of hydrogen-bond donors (Lipinski definition) is 0. The topological polar surface area (TPSA) is 45.7 Å². The van der Waals surface area contributed by atoms with Gasteiger partial charge < -0.3 is 9.64 Å². The first-order valence-electron chi connectivity index (χ1n) is 10.6. The maximum Gasteiger partial charge on any atom is 0.272 e. The van der Waals surface area contributed by atoms with Crippen molar-refractivity contribution in [2.75, 3.05) is 20.2 Å². The number of fused-ring (bicyclic) bond motifs is 2. The molecule has 0 saturated carbocycles. The quantitative estimate of drug-likeness (QED) is 0.772. The van der Waals surface area contributed by atoms with E-state index in [1.807, 2.05) is 23.2 Å². The zero-order chi connectivity index (χ0) is 20.7. The van der Waals surface area contributed by atoms with Crippen molar-refractivity contribution in [1.82, 2.24) is 14.8 Å². The van der Waals surface area contributed by atoms with Gasteiger partial charge in [0.1, 0.15) is 11.4 Å². The van der Waals surface area contributed by atoms with Gasteiger partial charge in [-0.3, -0.25) is 14.7 Å². The van der Waals surface area contributed by atoms with Crippen molar-refractivity contribution in [2.45, 2.75) is 58.7 Å². The van der Waals surface area contributed by atoms with Crippen molar-refractivity contribution in [2.24, 2.45) is 0 Å². The van der Waals surface area contributed by atoms with Crippen molar-refractivity contribution in [3.63, 3.8) is 0 Å². The number of pyridine rings is 1. The molecular formula is C24H31N3O2. The summed E-state index contributed by atoms with van der Waals surface area (Å²) < 4.78 is 5.47. The second-order valence-electron chi connectivity index (χ2n) is 8.39. The van der Waals surface area contributed by atoms with Gasteiger partial charge in [-0.25, -0.2) is 0 Å². The third-order valence-corrected chi connectivity index (χ3v) is 6.94. The van der Waals surface area contributed by atoms with Crippen LogP contribution in [0.2, 0.25) is 0 Å². The lowest BCUT2D eigenvalue weighted by Gasteiger charge is -2.38. The summed E-state index contributed by atoms with van der Waals surface area (Å²) >= 11 is 0. The van der Waals surface area contributed by atoms with E-state index in [9.17, 15) is 4.79 Å². The van der Waals surface area contributed by atoms with Crippen LogP contribution >= 0.6 is 0 Å². The summed E-state index contributed by atoms with van der Waals surface area (Å²) in [7, 11) is 1.72. The lowest BCUT2D eigenvalue weighted by molar-refractivity contribution is 0.0563. The van der Waals surface area contributed by atoms with E-state index in [1.165, 1.54) is 16.7 Å². The molecule has 0 aliphatic carbocycles. The molecule has 1 amide bonds. The standard InChI is InChI=1S/C24H31N3O2/c1-6-18-7-9-22(25-12-18)24(28)27-14-19-11-20(27)13-26(19)17(4)21-8-10-23(29-5)16(3)15(21)2/h7-10,12,17,19-20H,6,11,13-14H2,1-5H3/t17-,19+,20+/m0/s1. The number of aromatic nitrogens is 1. The third kappa shape index (κ3) is 3.42. The number of rotatable bonds is 5. The van der Waals surface area contributed by atoms with Gasteiger partial charge in [-0.05, 0) is 68.0 Å². The lowest BCUT2D eigenvalue weighted by atomic mass is 9.96. The van der Waals surface area contributed by atoms with E-state index in [0.717, 1.165) is 37.2 Å². The van der Waals surface area contributed by atoms with Crippen molar-refractivity contribution < 1.29 is 9.53 Å². The molecule has 0 spiro atoms. The number of aryl methyl sites for hydroxylation is 1. The Balaban J connectivity index is 1.47. The Morgan fingerprint density at radius 3 is 2.55 bits per heavy atom. The zero-order valence-electron chi connectivity index (χ0n) is 18.1. The second kappa shape index (κ2) is 7.79. The largest absolute Gasteiger partial charge is 0.496 e. The Bertz CT molecular complexity index is 909. The van der Waals surface area contributed by atoms with Crippen molar-refractivity contribution >= 4 is 5.91 Å². The first-order valence-corrected chi connectivity index (χ1v) is 10.6. The van der Waals surface area contributed by atoms with Crippen LogP contribution in [-0.2, 0) is 6.42 Å². The van der Waals surface area contributed by atoms with Crippen LogP contribution in [-0.4, -0.2) is 53.0 Å². The van der Waals surface area contributed by atoms with Gasteiger partial charge in [0, 0.05) is 37.4 Å². The summed E-state index contributed by atoms with van der Waals surface area (Å²) in [6, 6.07) is 9.17. The van der Waals surface area contributed by atoms with Crippen LogP contribution in [0.15, 0.2) is 30.5 Å². The number of ether oxygens (including phenoxy) is 1. The molecule has 29 heavy (non-hydrogen) atoms. The molecule has 0 radical (unpaired) electrons. The number of benzene rings is 1. The number of nitrogens with zero attached hydrogens (tertiary/aromatic N) is 3. The smallest absolute Gasteiger partial charge is 0.272 e. The molecule has 2 aliphatic rings. The zero-order valence-corrected chi connectivity index (χ0v) is 18.1. The van der Waals surface area contributed by atoms with Crippen LogP contribution < -0.4 is 4.74 Å². The Hall–Kier alpha value is -2.40. The second-order valence-corrected chi connectivity index (χ2v) is 8.39. The maximum absolute atomic E-state index is 13.0. The molecular weight excluding hydrogens is 362 g/mol. The Morgan fingerprint density at radius 1 is 1.17 bits per heavy atom. The maximum atomic E-state index is 13.0. The molecule has 2 aliphatic heterocycles. The predicted octanol–water partition coefficient (Wildman–Crippen LogP) is 3.93. The molecule has 2 saturated heterocycles. The van der Waals surface area contributed by atoms with E-state index >= 15 is 0 Å². The van der Waals surface area contributed by atoms with Gasteiger partial charge in [0.2, 0.25) is 0 Å². The molecule has 1 aromatic heterocycles. The summed E-state index contributed by atoms with van der Waals surface area (Å²) in [5, 5.41) is 0. The summed E-state index contributed by atoms with van der Waals surface area (Å²) in [5.41, 5.74) is 5.59. The summed E-state index contributed by atoms with van der Waals surface area (Å²) in [6.07, 6.45) is 3.81. The number of piperazine rings is 1. The van der Waals surface area contributed by atoms with Crippen LogP contribution in [0.3, 0.4) is 0 Å². The number of hydrogen-bond acceptors (Lipinski definition) is 4. The van der Waals surface area contributed by atoms with Gasteiger partial charge in [-0.1, -0.05) is 19.1 Å². The van der Waals surface area contributed by atoms with Crippen molar-refractivity contribution in [1.29, 1.82) is 0 Å². The first-order chi connectivity index (χ1) is 13.9. The number of likely N-dealkylation sites (tertiary alicyclic amines) is 2.